The zero-order chi connectivity index (χ0) is 15.7. The summed E-state index contributed by atoms with van der Waals surface area (Å²) >= 11 is 0. The van der Waals surface area contributed by atoms with E-state index in [0.29, 0.717) is 11.6 Å². The first-order valence-electron chi connectivity index (χ1n) is 7.93. The molecule has 1 aromatic heterocycles. The Morgan fingerprint density at radius 2 is 1.90 bits per heavy atom. The molecule has 0 saturated carbocycles. The van der Waals surface area contributed by atoms with Crippen molar-refractivity contribution in [1.29, 1.82) is 0 Å². The van der Waals surface area contributed by atoms with Gasteiger partial charge in [-0.2, -0.15) is 0 Å². The summed E-state index contributed by atoms with van der Waals surface area (Å²) in [7, 11) is 0. The number of hydrogen-bond acceptors (Lipinski definition) is 4. The lowest BCUT2D eigenvalue weighted by Crippen LogP contribution is -2.33. The van der Waals surface area contributed by atoms with E-state index < -0.39 is 0 Å². The Hall–Kier alpha value is -1.65. The van der Waals surface area contributed by atoms with Gasteiger partial charge in [-0.15, -0.1) is 0 Å². The summed E-state index contributed by atoms with van der Waals surface area (Å²) < 4.78 is 0. The predicted octanol–water partition coefficient (Wildman–Crippen LogP) is 3.20. The molecule has 0 saturated heterocycles. The summed E-state index contributed by atoms with van der Waals surface area (Å²) in [4.78, 5) is 22.6. The SMILES string of the molecule is CCCN(CCC)C(=O)c1cc(NCCC(C)C)ncn1. The summed E-state index contributed by atoms with van der Waals surface area (Å²) in [5.41, 5.74) is 0.471. The Kier molecular flexibility index (Phi) is 7.72. The molecule has 1 heterocycles. The van der Waals surface area contributed by atoms with Gasteiger partial charge in [0.15, 0.2) is 0 Å². The Balaban J connectivity index is 2.70. The molecule has 0 aromatic carbocycles. The van der Waals surface area contributed by atoms with Crippen LogP contribution in [0.3, 0.4) is 0 Å². The van der Waals surface area contributed by atoms with Gasteiger partial charge in [0.2, 0.25) is 0 Å². The highest BCUT2D eigenvalue weighted by Crippen LogP contribution is 2.09. The second kappa shape index (κ2) is 9.32. The first-order valence-corrected chi connectivity index (χ1v) is 7.93. The Labute approximate surface area is 128 Å². The van der Waals surface area contributed by atoms with Crippen molar-refractivity contribution in [2.45, 2.75) is 47.0 Å². The van der Waals surface area contributed by atoms with E-state index in [4.69, 9.17) is 0 Å². The number of aromatic nitrogens is 2. The largest absolute Gasteiger partial charge is 0.370 e. The van der Waals surface area contributed by atoms with Gasteiger partial charge in [0.05, 0.1) is 0 Å². The fourth-order valence-corrected chi connectivity index (χ4v) is 2.08. The maximum atomic E-state index is 12.5. The molecule has 0 fully saturated rings. The van der Waals surface area contributed by atoms with Crippen LogP contribution < -0.4 is 5.32 Å². The van der Waals surface area contributed by atoms with E-state index in [9.17, 15) is 4.79 Å². The summed E-state index contributed by atoms with van der Waals surface area (Å²) in [5.74, 6) is 1.36. The normalized spacial score (nSPS) is 10.7. The molecule has 0 aliphatic rings. The van der Waals surface area contributed by atoms with Crippen molar-refractivity contribution < 1.29 is 4.79 Å². The number of carbonyl (C=O) groups is 1. The zero-order valence-electron chi connectivity index (χ0n) is 13.7. The summed E-state index contributed by atoms with van der Waals surface area (Å²) in [6.45, 7) is 10.9. The van der Waals surface area contributed by atoms with Crippen molar-refractivity contribution >= 4 is 11.7 Å². The third kappa shape index (κ3) is 6.10. The van der Waals surface area contributed by atoms with Crippen LogP contribution in [0.1, 0.15) is 57.4 Å². The molecule has 1 rings (SSSR count). The highest BCUT2D eigenvalue weighted by molar-refractivity contribution is 5.92. The third-order valence-corrected chi connectivity index (χ3v) is 3.19. The average molecular weight is 292 g/mol. The van der Waals surface area contributed by atoms with Gasteiger partial charge in [-0.3, -0.25) is 4.79 Å². The molecule has 1 aromatic rings. The number of hydrogen-bond donors (Lipinski definition) is 1. The van der Waals surface area contributed by atoms with Gasteiger partial charge in [-0.25, -0.2) is 9.97 Å². The molecule has 21 heavy (non-hydrogen) atoms. The molecular weight excluding hydrogens is 264 g/mol. The van der Waals surface area contributed by atoms with Crippen LogP contribution in [0.4, 0.5) is 5.82 Å². The number of carbonyl (C=O) groups excluding carboxylic acids is 1. The van der Waals surface area contributed by atoms with Gasteiger partial charge in [0, 0.05) is 25.7 Å². The molecule has 0 atom stereocenters. The summed E-state index contributed by atoms with van der Waals surface area (Å²) in [6.07, 6.45) is 4.44. The minimum absolute atomic E-state index is 0.00647. The molecule has 1 N–H and O–H groups in total. The van der Waals surface area contributed by atoms with E-state index in [1.807, 2.05) is 4.90 Å². The van der Waals surface area contributed by atoms with E-state index in [0.717, 1.165) is 44.7 Å². The van der Waals surface area contributed by atoms with Gasteiger partial charge < -0.3 is 10.2 Å². The number of amides is 1. The molecule has 0 unspecified atom stereocenters. The lowest BCUT2D eigenvalue weighted by atomic mass is 10.1. The Bertz CT molecular complexity index is 428. The fourth-order valence-electron chi connectivity index (χ4n) is 2.08. The average Bonchev–Trinajstić information content (AvgIpc) is 2.46. The van der Waals surface area contributed by atoms with E-state index in [1.165, 1.54) is 6.33 Å². The van der Waals surface area contributed by atoms with Gasteiger partial charge >= 0.3 is 0 Å². The zero-order valence-corrected chi connectivity index (χ0v) is 13.7. The maximum Gasteiger partial charge on any atom is 0.272 e. The Morgan fingerprint density at radius 1 is 1.24 bits per heavy atom. The summed E-state index contributed by atoms with van der Waals surface area (Å²) in [5, 5.41) is 3.25. The quantitative estimate of drug-likeness (QED) is 0.759. The van der Waals surface area contributed by atoms with Crippen molar-refractivity contribution in [1.82, 2.24) is 14.9 Å². The Morgan fingerprint density at radius 3 is 2.48 bits per heavy atom. The van der Waals surface area contributed by atoms with Crippen LogP contribution in [-0.2, 0) is 0 Å². The van der Waals surface area contributed by atoms with Crippen LogP contribution in [0.2, 0.25) is 0 Å². The topological polar surface area (TPSA) is 58.1 Å². The number of anilines is 1. The second-order valence-corrected chi connectivity index (χ2v) is 5.69. The smallest absolute Gasteiger partial charge is 0.272 e. The molecule has 118 valence electrons. The van der Waals surface area contributed by atoms with Crippen molar-refractivity contribution in [2.75, 3.05) is 25.0 Å². The first kappa shape index (κ1) is 17.4. The molecule has 0 radical (unpaired) electrons. The molecule has 0 aliphatic heterocycles. The van der Waals surface area contributed by atoms with Gasteiger partial charge in [-0.05, 0) is 25.2 Å². The lowest BCUT2D eigenvalue weighted by Gasteiger charge is -2.21. The number of nitrogens with one attached hydrogen (secondary N) is 1. The molecule has 5 nitrogen and oxygen atoms in total. The maximum absolute atomic E-state index is 12.5. The monoisotopic (exact) mass is 292 g/mol. The van der Waals surface area contributed by atoms with E-state index >= 15 is 0 Å². The molecule has 0 bridgehead atoms. The molecular formula is C16H28N4O. The van der Waals surface area contributed by atoms with Crippen molar-refractivity contribution in [2.24, 2.45) is 5.92 Å². The molecule has 0 aliphatic carbocycles. The molecule has 0 spiro atoms. The minimum atomic E-state index is -0.00647. The lowest BCUT2D eigenvalue weighted by molar-refractivity contribution is 0.0749. The van der Waals surface area contributed by atoms with E-state index in [-0.39, 0.29) is 5.91 Å². The van der Waals surface area contributed by atoms with Crippen LogP contribution in [0, 0.1) is 5.92 Å². The fraction of sp³-hybridized carbons (Fsp3) is 0.688. The van der Waals surface area contributed by atoms with E-state index in [2.05, 4.69) is 43.0 Å². The molecule has 1 amide bonds. The highest BCUT2D eigenvalue weighted by Gasteiger charge is 2.16. The first-order chi connectivity index (χ1) is 10.1. The highest BCUT2D eigenvalue weighted by atomic mass is 16.2. The van der Waals surface area contributed by atoms with Crippen molar-refractivity contribution in [3.8, 4) is 0 Å². The van der Waals surface area contributed by atoms with Crippen LogP contribution in [0.5, 0.6) is 0 Å². The van der Waals surface area contributed by atoms with Crippen LogP contribution in [0.25, 0.3) is 0 Å². The van der Waals surface area contributed by atoms with Crippen LogP contribution in [0.15, 0.2) is 12.4 Å². The van der Waals surface area contributed by atoms with E-state index in [1.54, 1.807) is 6.07 Å². The summed E-state index contributed by atoms with van der Waals surface area (Å²) in [6, 6.07) is 1.75. The van der Waals surface area contributed by atoms with Crippen LogP contribution in [-0.4, -0.2) is 40.4 Å². The number of rotatable bonds is 9. The van der Waals surface area contributed by atoms with Crippen molar-refractivity contribution in [3.63, 3.8) is 0 Å². The van der Waals surface area contributed by atoms with Gasteiger partial charge in [0.1, 0.15) is 17.8 Å². The standard InChI is InChI=1S/C16H28N4O/c1-5-9-20(10-6-2)16(21)14-11-15(19-12-18-14)17-8-7-13(3)4/h11-13H,5-10H2,1-4H3,(H,17,18,19). The number of nitrogens with zero attached hydrogens (tertiary/aromatic N) is 3. The van der Waals surface area contributed by atoms with Crippen molar-refractivity contribution in [3.05, 3.63) is 18.1 Å². The second-order valence-electron chi connectivity index (χ2n) is 5.69. The van der Waals surface area contributed by atoms with Gasteiger partial charge in [0.25, 0.3) is 5.91 Å². The van der Waals surface area contributed by atoms with Gasteiger partial charge in [-0.1, -0.05) is 27.7 Å². The minimum Gasteiger partial charge on any atom is -0.370 e. The molecule has 5 heteroatoms. The third-order valence-electron chi connectivity index (χ3n) is 3.19. The predicted molar refractivity (Wildman–Crippen MR) is 86.5 cm³/mol. The van der Waals surface area contributed by atoms with Crippen LogP contribution >= 0.6 is 0 Å².